The third kappa shape index (κ3) is 3.60. The van der Waals surface area contributed by atoms with E-state index < -0.39 is 0 Å². The van der Waals surface area contributed by atoms with Crippen LogP contribution in [-0.2, 0) is 0 Å². The molecule has 0 amide bonds. The molecule has 0 bridgehead atoms. The zero-order valence-electron chi connectivity index (χ0n) is 13.8. The van der Waals surface area contributed by atoms with E-state index in [9.17, 15) is 0 Å². The zero-order chi connectivity index (χ0) is 17.9. The van der Waals surface area contributed by atoms with E-state index in [2.05, 4.69) is 36.1 Å². The van der Waals surface area contributed by atoms with Crippen LogP contribution in [-0.4, -0.2) is 0 Å². The van der Waals surface area contributed by atoms with Gasteiger partial charge in [0.1, 0.15) is 0 Å². The predicted octanol–water partition coefficient (Wildman–Crippen LogP) is 7.21. The number of rotatable bonds is 1. The molecule has 0 fully saturated rings. The van der Waals surface area contributed by atoms with Crippen molar-refractivity contribution in [3.8, 4) is 23.0 Å². The van der Waals surface area contributed by atoms with Crippen molar-refractivity contribution >= 4 is 34.0 Å². The van der Waals surface area contributed by atoms with Crippen molar-refractivity contribution in [3.63, 3.8) is 0 Å². The Labute approximate surface area is 163 Å². The van der Waals surface area contributed by atoms with Crippen molar-refractivity contribution in [3.05, 3.63) is 106 Å². The van der Waals surface area contributed by atoms with Crippen LogP contribution < -0.4 is 0 Å². The Hall–Kier alpha value is -2.72. The monoisotopic (exact) mass is 372 g/mol. The Morgan fingerprint density at radius 3 is 1.96 bits per heavy atom. The van der Waals surface area contributed by atoms with Gasteiger partial charge in [0.2, 0.25) is 0 Å². The minimum absolute atomic E-state index is 0.714. The minimum Gasteiger partial charge on any atom is -0.0843 e. The molecule has 0 heterocycles. The van der Waals surface area contributed by atoms with Gasteiger partial charge < -0.3 is 0 Å². The Morgan fingerprint density at radius 2 is 1.23 bits per heavy atom. The van der Waals surface area contributed by atoms with Crippen molar-refractivity contribution in [2.24, 2.45) is 0 Å². The van der Waals surface area contributed by atoms with Gasteiger partial charge >= 0.3 is 0 Å². The highest BCUT2D eigenvalue weighted by Gasteiger charge is 2.04. The third-order valence-corrected chi connectivity index (χ3v) is 4.73. The fourth-order valence-electron chi connectivity index (χ4n) is 2.90. The minimum atomic E-state index is 0.714. The van der Waals surface area contributed by atoms with E-state index in [1.54, 1.807) is 0 Å². The largest absolute Gasteiger partial charge is 0.0843 e. The molecule has 124 valence electrons. The van der Waals surface area contributed by atoms with E-state index >= 15 is 0 Å². The van der Waals surface area contributed by atoms with Crippen molar-refractivity contribution in [1.29, 1.82) is 0 Å². The first-order valence-electron chi connectivity index (χ1n) is 8.25. The normalized spacial score (nSPS) is 10.4. The lowest BCUT2D eigenvalue weighted by Crippen LogP contribution is -1.85. The van der Waals surface area contributed by atoms with Gasteiger partial charge in [-0.25, -0.2) is 0 Å². The Balaban J connectivity index is 1.85. The molecule has 0 saturated carbocycles. The van der Waals surface area contributed by atoms with Crippen LogP contribution in [0.5, 0.6) is 0 Å². The van der Waals surface area contributed by atoms with Gasteiger partial charge in [0.15, 0.2) is 0 Å². The van der Waals surface area contributed by atoms with E-state index in [4.69, 9.17) is 23.2 Å². The molecular weight excluding hydrogens is 359 g/mol. The SMILES string of the molecule is Clc1ccc(C#Cc2cc(-c3ccc(Cl)cc3)cc3ccccc23)cc1. The van der Waals surface area contributed by atoms with E-state index in [-0.39, 0.29) is 0 Å². The molecule has 0 saturated heterocycles. The summed E-state index contributed by atoms with van der Waals surface area (Å²) in [5, 5.41) is 3.76. The molecular formula is C24H14Cl2. The third-order valence-electron chi connectivity index (χ3n) is 4.23. The van der Waals surface area contributed by atoms with Gasteiger partial charge in [-0.3, -0.25) is 0 Å². The van der Waals surface area contributed by atoms with Crippen molar-refractivity contribution in [1.82, 2.24) is 0 Å². The first-order chi connectivity index (χ1) is 12.7. The molecule has 4 aromatic rings. The molecule has 0 spiro atoms. The fraction of sp³-hybridized carbons (Fsp3) is 0. The van der Waals surface area contributed by atoms with Crippen LogP contribution in [0, 0.1) is 11.8 Å². The average molecular weight is 373 g/mol. The molecule has 0 aliphatic heterocycles. The highest BCUT2D eigenvalue weighted by atomic mass is 35.5. The topological polar surface area (TPSA) is 0 Å². The smallest absolute Gasteiger partial charge is 0.0406 e. The predicted molar refractivity (Wildman–Crippen MR) is 112 cm³/mol. The Morgan fingerprint density at radius 1 is 0.577 bits per heavy atom. The van der Waals surface area contributed by atoms with Gasteiger partial charge in [0.05, 0.1) is 0 Å². The number of fused-ring (bicyclic) bond motifs is 1. The van der Waals surface area contributed by atoms with E-state index in [1.807, 2.05) is 60.7 Å². The summed E-state index contributed by atoms with van der Waals surface area (Å²) in [6.45, 7) is 0. The Kier molecular flexibility index (Phi) is 4.67. The van der Waals surface area contributed by atoms with Crippen LogP contribution >= 0.6 is 23.2 Å². The van der Waals surface area contributed by atoms with Crippen LogP contribution in [0.2, 0.25) is 10.0 Å². The number of hydrogen-bond acceptors (Lipinski definition) is 0. The highest BCUT2D eigenvalue weighted by molar-refractivity contribution is 6.30. The van der Waals surface area contributed by atoms with Crippen LogP contribution in [0.25, 0.3) is 21.9 Å². The molecule has 0 aliphatic carbocycles. The molecule has 0 nitrogen and oxygen atoms in total. The summed E-state index contributed by atoms with van der Waals surface area (Å²) >= 11 is 12.0. The average Bonchev–Trinajstić information content (AvgIpc) is 2.68. The molecule has 0 unspecified atom stereocenters. The van der Waals surface area contributed by atoms with Gasteiger partial charge in [0.25, 0.3) is 0 Å². The molecule has 4 aromatic carbocycles. The summed E-state index contributed by atoms with van der Waals surface area (Å²) in [6, 6.07) is 28.1. The van der Waals surface area contributed by atoms with Crippen LogP contribution in [0.4, 0.5) is 0 Å². The molecule has 0 N–H and O–H groups in total. The standard InChI is InChI=1S/C24H14Cl2/c25-22-11-6-17(7-12-22)5-8-20-16-21(18-9-13-23(26)14-10-18)15-19-3-1-2-4-24(19)20/h1-4,6-7,9-16H. The number of halogens is 2. The maximum atomic E-state index is 6.02. The fourth-order valence-corrected chi connectivity index (χ4v) is 3.15. The summed E-state index contributed by atoms with van der Waals surface area (Å²) in [6.07, 6.45) is 0. The maximum Gasteiger partial charge on any atom is 0.0406 e. The lowest BCUT2D eigenvalue weighted by Gasteiger charge is -2.07. The summed E-state index contributed by atoms with van der Waals surface area (Å²) in [5.41, 5.74) is 4.19. The molecule has 0 radical (unpaired) electrons. The van der Waals surface area contributed by atoms with Gasteiger partial charge in [-0.2, -0.15) is 0 Å². The summed E-state index contributed by atoms with van der Waals surface area (Å²) in [4.78, 5) is 0. The van der Waals surface area contributed by atoms with Gasteiger partial charge in [0, 0.05) is 21.2 Å². The lowest BCUT2D eigenvalue weighted by atomic mass is 9.97. The molecule has 0 aliphatic rings. The van der Waals surface area contributed by atoms with Crippen molar-refractivity contribution in [2.75, 3.05) is 0 Å². The number of hydrogen-bond donors (Lipinski definition) is 0. The molecule has 4 rings (SSSR count). The zero-order valence-corrected chi connectivity index (χ0v) is 15.4. The summed E-state index contributed by atoms with van der Waals surface area (Å²) < 4.78 is 0. The second kappa shape index (κ2) is 7.26. The van der Waals surface area contributed by atoms with Crippen LogP contribution in [0.15, 0.2) is 84.9 Å². The highest BCUT2D eigenvalue weighted by Crippen LogP contribution is 2.28. The van der Waals surface area contributed by atoms with Crippen molar-refractivity contribution < 1.29 is 0 Å². The summed E-state index contributed by atoms with van der Waals surface area (Å²) in [7, 11) is 0. The molecule has 26 heavy (non-hydrogen) atoms. The van der Waals surface area contributed by atoms with Crippen molar-refractivity contribution in [2.45, 2.75) is 0 Å². The van der Waals surface area contributed by atoms with Gasteiger partial charge in [-0.05, 0) is 70.4 Å². The molecule has 0 atom stereocenters. The molecule has 2 heteroatoms. The van der Waals surface area contributed by atoms with E-state index in [1.165, 1.54) is 5.39 Å². The Bertz CT molecular complexity index is 1130. The van der Waals surface area contributed by atoms with Crippen LogP contribution in [0.3, 0.4) is 0 Å². The quantitative estimate of drug-likeness (QED) is 0.309. The summed E-state index contributed by atoms with van der Waals surface area (Å²) in [5.74, 6) is 6.56. The maximum absolute atomic E-state index is 6.02. The van der Waals surface area contributed by atoms with E-state index in [0.29, 0.717) is 5.02 Å². The second-order valence-corrected chi connectivity index (χ2v) is 6.88. The molecule has 0 aromatic heterocycles. The first kappa shape index (κ1) is 16.7. The number of benzene rings is 4. The van der Waals surface area contributed by atoms with Gasteiger partial charge in [-0.15, -0.1) is 0 Å². The van der Waals surface area contributed by atoms with E-state index in [0.717, 1.165) is 32.7 Å². The van der Waals surface area contributed by atoms with Gasteiger partial charge in [-0.1, -0.05) is 71.4 Å². The van der Waals surface area contributed by atoms with Crippen LogP contribution in [0.1, 0.15) is 11.1 Å². The first-order valence-corrected chi connectivity index (χ1v) is 9.01. The lowest BCUT2D eigenvalue weighted by molar-refractivity contribution is 1.62. The second-order valence-electron chi connectivity index (χ2n) is 6.01.